The van der Waals surface area contributed by atoms with Crippen LogP contribution in [-0.4, -0.2) is 16.1 Å². The van der Waals surface area contributed by atoms with Gasteiger partial charge in [0.2, 0.25) is 0 Å². The minimum absolute atomic E-state index is 0.0498. The summed E-state index contributed by atoms with van der Waals surface area (Å²) in [5, 5.41) is 8.71. The Kier molecular flexibility index (Phi) is 3.69. The number of benzene rings is 1. The molecule has 21 heavy (non-hydrogen) atoms. The number of hydrogen-bond acceptors (Lipinski definition) is 2. The van der Waals surface area contributed by atoms with Crippen molar-refractivity contribution in [1.82, 2.24) is 4.98 Å². The number of aromatic nitrogens is 1. The first kappa shape index (κ1) is 13.7. The van der Waals surface area contributed by atoms with Gasteiger partial charge in [-0.2, -0.15) is 0 Å². The lowest BCUT2D eigenvalue weighted by Crippen LogP contribution is -1.98. The summed E-state index contributed by atoms with van der Waals surface area (Å²) in [6.07, 6.45) is 5.98. The van der Waals surface area contributed by atoms with Gasteiger partial charge in [-0.15, -0.1) is 0 Å². The van der Waals surface area contributed by atoms with E-state index in [0.717, 1.165) is 24.0 Å². The molecule has 2 aromatic rings. The van der Waals surface area contributed by atoms with Gasteiger partial charge in [-0.1, -0.05) is 12.1 Å². The molecule has 0 aliphatic heterocycles. The second-order valence-electron chi connectivity index (χ2n) is 5.49. The van der Waals surface area contributed by atoms with Crippen LogP contribution in [0.4, 0.5) is 4.39 Å². The second kappa shape index (κ2) is 5.64. The van der Waals surface area contributed by atoms with Gasteiger partial charge in [0.05, 0.1) is 0 Å². The molecule has 1 aromatic carbocycles. The number of pyridine rings is 1. The van der Waals surface area contributed by atoms with Crippen LogP contribution < -0.4 is 0 Å². The van der Waals surface area contributed by atoms with Crippen molar-refractivity contribution in [3.05, 3.63) is 53.6 Å². The van der Waals surface area contributed by atoms with Crippen molar-refractivity contribution in [2.45, 2.75) is 31.6 Å². The zero-order valence-electron chi connectivity index (χ0n) is 11.6. The Morgan fingerprint density at radius 2 is 2.10 bits per heavy atom. The summed E-state index contributed by atoms with van der Waals surface area (Å²) in [4.78, 5) is 14.7. The van der Waals surface area contributed by atoms with E-state index in [1.54, 1.807) is 24.5 Å². The SMILES string of the molecule is O=C(O)CCc1cncc(-c2ccc(C3CC3)cc2F)c1. The fourth-order valence-corrected chi connectivity index (χ4v) is 2.46. The predicted molar refractivity (Wildman–Crippen MR) is 77.6 cm³/mol. The standard InChI is InChI=1S/C17H16FNO2/c18-16-8-13(12-2-3-12)4-5-15(16)14-7-11(9-19-10-14)1-6-17(20)21/h4-5,7-10,12H,1-3,6H2,(H,20,21). The van der Waals surface area contributed by atoms with Crippen molar-refractivity contribution < 1.29 is 14.3 Å². The van der Waals surface area contributed by atoms with Gasteiger partial charge in [0.25, 0.3) is 0 Å². The molecule has 4 heteroatoms. The molecule has 1 aliphatic carbocycles. The van der Waals surface area contributed by atoms with Crippen LogP contribution in [0.5, 0.6) is 0 Å². The summed E-state index contributed by atoms with van der Waals surface area (Å²) in [7, 11) is 0. The minimum Gasteiger partial charge on any atom is -0.481 e. The number of halogens is 1. The summed E-state index contributed by atoms with van der Waals surface area (Å²) >= 11 is 0. The zero-order chi connectivity index (χ0) is 14.8. The van der Waals surface area contributed by atoms with E-state index < -0.39 is 5.97 Å². The van der Waals surface area contributed by atoms with E-state index in [2.05, 4.69) is 4.98 Å². The van der Waals surface area contributed by atoms with E-state index in [1.165, 1.54) is 0 Å². The molecule has 3 rings (SSSR count). The van der Waals surface area contributed by atoms with Crippen molar-refractivity contribution in [3.63, 3.8) is 0 Å². The van der Waals surface area contributed by atoms with Crippen LogP contribution in [0.3, 0.4) is 0 Å². The maximum absolute atomic E-state index is 14.2. The maximum atomic E-state index is 14.2. The second-order valence-corrected chi connectivity index (χ2v) is 5.49. The van der Waals surface area contributed by atoms with Crippen molar-refractivity contribution >= 4 is 5.97 Å². The Balaban J connectivity index is 1.85. The predicted octanol–water partition coefficient (Wildman–Crippen LogP) is 3.78. The highest BCUT2D eigenvalue weighted by Gasteiger charge is 2.24. The quantitative estimate of drug-likeness (QED) is 0.909. The van der Waals surface area contributed by atoms with Crippen molar-refractivity contribution in [1.29, 1.82) is 0 Å². The molecule has 1 aliphatic rings. The Morgan fingerprint density at radius 3 is 2.76 bits per heavy atom. The molecule has 1 heterocycles. The number of aliphatic carboxylic acids is 1. The van der Waals surface area contributed by atoms with Crippen LogP contribution in [0.2, 0.25) is 0 Å². The normalized spacial score (nSPS) is 14.1. The molecular weight excluding hydrogens is 269 g/mol. The van der Waals surface area contributed by atoms with E-state index in [0.29, 0.717) is 23.5 Å². The first-order valence-electron chi connectivity index (χ1n) is 7.09. The summed E-state index contributed by atoms with van der Waals surface area (Å²) in [6, 6.07) is 7.18. The van der Waals surface area contributed by atoms with Crippen molar-refractivity contribution in [2.24, 2.45) is 0 Å². The number of rotatable bonds is 5. The third-order valence-electron chi connectivity index (χ3n) is 3.78. The first-order chi connectivity index (χ1) is 10.1. The average Bonchev–Trinajstić information content (AvgIpc) is 3.30. The Morgan fingerprint density at radius 1 is 1.29 bits per heavy atom. The van der Waals surface area contributed by atoms with Gasteiger partial charge in [-0.3, -0.25) is 9.78 Å². The molecule has 1 N–H and O–H groups in total. The zero-order valence-corrected chi connectivity index (χ0v) is 11.6. The van der Waals surface area contributed by atoms with E-state index in [-0.39, 0.29) is 12.2 Å². The Labute approximate surface area is 122 Å². The molecule has 0 radical (unpaired) electrons. The average molecular weight is 285 g/mol. The van der Waals surface area contributed by atoms with Gasteiger partial charge in [0.15, 0.2) is 0 Å². The van der Waals surface area contributed by atoms with Gasteiger partial charge in [-0.05, 0) is 48.4 Å². The fraction of sp³-hybridized carbons (Fsp3) is 0.294. The highest BCUT2D eigenvalue weighted by atomic mass is 19.1. The molecule has 3 nitrogen and oxygen atoms in total. The van der Waals surface area contributed by atoms with E-state index in [1.807, 2.05) is 12.1 Å². The third-order valence-corrected chi connectivity index (χ3v) is 3.78. The number of hydrogen-bond donors (Lipinski definition) is 1. The molecule has 0 unspecified atom stereocenters. The summed E-state index contributed by atoms with van der Waals surface area (Å²) in [5.74, 6) is -0.564. The topological polar surface area (TPSA) is 50.2 Å². The number of nitrogens with zero attached hydrogens (tertiary/aromatic N) is 1. The Bertz CT molecular complexity index is 680. The largest absolute Gasteiger partial charge is 0.481 e. The highest BCUT2D eigenvalue weighted by molar-refractivity contribution is 5.68. The van der Waals surface area contributed by atoms with Crippen LogP contribution in [0.1, 0.15) is 36.3 Å². The molecule has 0 amide bonds. The molecule has 0 saturated heterocycles. The van der Waals surface area contributed by atoms with E-state index in [9.17, 15) is 9.18 Å². The van der Waals surface area contributed by atoms with Gasteiger partial charge in [0.1, 0.15) is 5.82 Å². The minimum atomic E-state index is -0.847. The van der Waals surface area contributed by atoms with Crippen LogP contribution >= 0.6 is 0 Å². The van der Waals surface area contributed by atoms with Gasteiger partial charge < -0.3 is 5.11 Å². The van der Waals surface area contributed by atoms with Crippen LogP contribution in [0.25, 0.3) is 11.1 Å². The number of aryl methyl sites for hydroxylation is 1. The molecule has 1 saturated carbocycles. The Hall–Kier alpha value is -2.23. The lowest BCUT2D eigenvalue weighted by Gasteiger charge is -2.07. The van der Waals surface area contributed by atoms with E-state index >= 15 is 0 Å². The van der Waals surface area contributed by atoms with Crippen LogP contribution in [-0.2, 0) is 11.2 Å². The summed E-state index contributed by atoms with van der Waals surface area (Å²) in [6.45, 7) is 0. The summed E-state index contributed by atoms with van der Waals surface area (Å²) in [5.41, 5.74) is 3.08. The van der Waals surface area contributed by atoms with Gasteiger partial charge in [-0.25, -0.2) is 4.39 Å². The van der Waals surface area contributed by atoms with Crippen LogP contribution in [0, 0.1) is 5.82 Å². The monoisotopic (exact) mass is 285 g/mol. The molecular formula is C17H16FNO2. The smallest absolute Gasteiger partial charge is 0.303 e. The van der Waals surface area contributed by atoms with Crippen molar-refractivity contribution in [3.8, 4) is 11.1 Å². The highest BCUT2D eigenvalue weighted by Crippen LogP contribution is 2.41. The fourth-order valence-electron chi connectivity index (χ4n) is 2.46. The van der Waals surface area contributed by atoms with Crippen LogP contribution in [0.15, 0.2) is 36.7 Å². The van der Waals surface area contributed by atoms with E-state index in [4.69, 9.17) is 5.11 Å². The third kappa shape index (κ3) is 3.27. The van der Waals surface area contributed by atoms with Gasteiger partial charge in [0, 0.05) is 29.9 Å². The first-order valence-corrected chi connectivity index (χ1v) is 7.09. The summed E-state index contributed by atoms with van der Waals surface area (Å²) < 4.78 is 14.2. The molecule has 1 aromatic heterocycles. The molecule has 0 atom stereocenters. The lowest BCUT2D eigenvalue weighted by atomic mass is 10.0. The number of carboxylic acid groups (broad SMARTS) is 1. The maximum Gasteiger partial charge on any atom is 0.303 e. The number of carboxylic acids is 1. The molecule has 0 spiro atoms. The van der Waals surface area contributed by atoms with Gasteiger partial charge >= 0.3 is 5.97 Å². The van der Waals surface area contributed by atoms with Crippen molar-refractivity contribution in [2.75, 3.05) is 0 Å². The molecule has 0 bridgehead atoms. The molecule has 108 valence electrons. The lowest BCUT2D eigenvalue weighted by molar-refractivity contribution is -0.136. The molecule has 1 fully saturated rings. The number of carbonyl (C=O) groups is 1.